The molecule has 0 saturated heterocycles. The molecule has 1 N–H and O–H groups in total. The Bertz CT molecular complexity index is 260. The summed E-state index contributed by atoms with van der Waals surface area (Å²) in [5.41, 5.74) is 1.34. The van der Waals surface area contributed by atoms with E-state index in [-0.39, 0.29) is 0 Å². The zero-order chi connectivity index (χ0) is 11.1. The van der Waals surface area contributed by atoms with Gasteiger partial charge in [0.05, 0.1) is 6.61 Å². The third kappa shape index (κ3) is 3.65. The van der Waals surface area contributed by atoms with Gasteiger partial charge in [-0.05, 0) is 19.0 Å². The second-order valence-corrected chi connectivity index (χ2v) is 3.82. The lowest BCUT2D eigenvalue weighted by atomic mass is 9.93. The number of rotatable bonds is 6. The van der Waals surface area contributed by atoms with E-state index in [1.54, 1.807) is 7.11 Å². The molecule has 0 fully saturated rings. The van der Waals surface area contributed by atoms with E-state index < -0.39 is 0 Å². The quantitative estimate of drug-likeness (QED) is 0.773. The number of likely N-dealkylation sites (N-methyl/N-ethyl adjacent to an activating group) is 1. The normalized spacial score (nSPS) is 14.9. The van der Waals surface area contributed by atoms with Gasteiger partial charge in [0.25, 0.3) is 0 Å². The van der Waals surface area contributed by atoms with E-state index in [1.807, 2.05) is 6.07 Å². The molecule has 2 unspecified atom stereocenters. The van der Waals surface area contributed by atoms with Crippen LogP contribution in [-0.2, 0) is 4.74 Å². The Balaban J connectivity index is 2.73. The molecule has 0 amide bonds. The molecular weight excluding hydrogens is 186 g/mol. The number of hydrogen-bond donors (Lipinski definition) is 1. The van der Waals surface area contributed by atoms with Gasteiger partial charge in [0.1, 0.15) is 0 Å². The minimum absolute atomic E-state index is 0.427. The van der Waals surface area contributed by atoms with Crippen molar-refractivity contribution in [2.45, 2.75) is 25.8 Å². The van der Waals surface area contributed by atoms with Gasteiger partial charge < -0.3 is 10.1 Å². The van der Waals surface area contributed by atoms with Crippen molar-refractivity contribution in [2.75, 3.05) is 20.3 Å². The van der Waals surface area contributed by atoms with Crippen LogP contribution in [0.15, 0.2) is 30.3 Å². The Labute approximate surface area is 92.6 Å². The van der Waals surface area contributed by atoms with Crippen molar-refractivity contribution in [1.29, 1.82) is 0 Å². The van der Waals surface area contributed by atoms with E-state index >= 15 is 0 Å². The summed E-state index contributed by atoms with van der Waals surface area (Å²) in [6.45, 7) is 6.10. The van der Waals surface area contributed by atoms with Crippen molar-refractivity contribution in [3.63, 3.8) is 0 Å². The van der Waals surface area contributed by atoms with Crippen molar-refractivity contribution < 1.29 is 4.74 Å². The lowest BCUT2D eigenvalue weighted by molar-refractivity contribution is 0.166. The Kier molecular flexibility index (Phi) is 5.37. The molecule has 1 rings (SSSR count). The summed E-state index contributed by atoms with van der Waals surface area (Å²) in [7, 11) is 1.76. The van der Waals surface area contributed by atoms with Gasteiger partial charge in [0.15, 0.2) is 0 Å². The average molecular weight is 207 g/mol. The molecule has 1 aromatic rings. The molecule has 0 heterocycles. The van der Waals surface area contributed by atoms with Crippen LogP contribution in [0.5, 0.6) is 0 Å². The average Bonchev–Trinajstić information content (AvgIpc) is 2.27. The first kappa shape index (κ1) is 12.2. The monoisotopic (exact) mass is 207 g/mol. The second kappa shape index (κ2) is 6.59. The topological polar surface area (TPSA) is 21.3 Å². The highest BCUT2D eigenvalue weighted by molar-refractivity contribution is 5.21. The first-order valence-electron chi connectivity index (χ1n) is 5.56. The van der Waals surface area contributed by atoms with Crippen molar-refractivity contribution in [3.8, 4) is 0 Å². The van der Waals surface area contributed by atoms with Crippen LogP contribution < -0.4 is 5.32 Å². The molecule has 2 atom stereocenters. The highest BCUT2D eigenvalue weighted by Gasteiger charge is 2.17. The lowest BCUT2D eigenvalue weighted by Crippen LogP contribution is -2.34. The number of benzene rings is 1. The predicted octanol–water partition coefficient (Wildman–Crippen LogP) is 2.41. The maximum Gasteiger partial charge on any atom is 0.0545 e. The fourth-order valence-electron chi connectivity index (χ4n) is 1.87. The van der Waals surface area contributed by atoms with E-state index in [1.165, 1.54) is 5.56 Å². The van der Waals surface area contributed by atoms with Gasteiger partial charge in [0, 0.05) is 19.1 Å². The molecule has 0 aliphatic heterocycles. The van der Waals surface area contributed by atoms with Gasteiger partial charge in [-0.1, -0.05) is 37.3 Å². The zero-order valence-corrected chi connectivity index (χ0v) is 9.86. The predicted molar refractivity (Wildman–Crippen MR) is 64.2 cm³/mol. The molecular formula is C13H21NO. The molecule has 2 heteroatoms. The first-order chi connectivity index (χ1) is 7.29. The minimum atomic E-state index is 0.427. The largest absolute Gasteiger partial charge is 0.384 e. The van der Waals surface area contributed by atoms with Crippen molar-refractivity contribution in [3.05, 3.63) is 35.9 Å². The van der Waals surface area contributed by atoms with Crippen LogP contribution in [0.2, 0.25) is 0 Å². The van der Waals surface area contributed by atoms with E-state index in [4.69, 9.17) is 4.74 Å². The van der Waals surface area contributed by atoms with E-state index in [9.17, 15) is 0 Å². The molecule has 0 spiro atoms. The molecule has 0 aliphatic rings. The van der Waals surface area contributed by atoms with Crippen LogP contribution >= 0.6 is 0 Å². The van der Waals surface area contributed by atoms with Crippen molar-refractivity contribution >= 4 is 0 Å². The van der Waals surface area contributed by atoms with Crippen molar-refractivity contribution in [2.24, 2.45) is 0 Å². The van der Waals surface area contributed by atoms with Crippen LogP contribution in [0.4, 0.5) is 0 Å². The summed E-state index contributed by atoms with van der Waals surface area (Å²) in [6, 6.07) is 11.0. The lowest BCUT2D eigenvalue weighted by Gasteiger charge is -2.24. The standard InChI is InChI=1S/C13H21NO/c1-4-14-11(2)13(10-15-3)12-8-6-5-7-9-12/h5-9,11,13-14H,4,10H2,1-3H3. The third-order valence-electron chi connectivity index (χ3n) is 2.70. The highest BCUT2D eigenvalue weighted by atomic mass is 16.5. The first-order valence-corrected chi connectivity index (χ1v) is 5.56. The molecule has 0 bridgehead atoms. The molecule has 0 aromatic heterocycles. The summed E-state index contributed by atoms with van der Waals surface area (Å²) >= 11 is 0. The fourth-order valence-corrected chi connectivity index (χ4v) is 1.87. The smallest absolute Gasteiger partial charge is 0.0545 e. The number of ether oxygens (including phenoxy) is 1. The molecule has 0 saturated carbocycles. The number of nitrogens with one attached hydrogen (secondary N) is 1. The van der Waals surface area contributed by atoms with Crippen molar-refractivity contribution in [1.82, 2.24) is 5.32 Å². The molecule has 0 radical (unpaired) electrons. The van der Waals surface area contributed by atoms with Crippen LogP contribution in [0, 0.1) is 0 Å². The van der Waals surface area contributed by atoms with Crippen LogP contribution in [-0.4, -0.2) is 26.3 Å². The Morgan fingerprint density at radius 1 is 1.27 bits per heavy atom. The highest BCUT2D eigenvalue weighted by Crippen LogP contribution is 2.19. The van der Waals surface area contributed by atoms with Crippen LogP contribution in [0.1, 0.15) is 25.3 Å². The Hall–Kier alpha value is -0.860. The second-order valence-electron chi connectivity index (χ2n) is 3.82. The van der Waals surface area contributed by atoms with Gasteiger partial charge >= 0.3 is 0 Å². The summed E-state index contributed by atoms with van der Waals surface area (Å²) in [4.78, 5) is 0. The molecule has 84 valence electrons. The van der Waals surface area contributed by atoms with Crippen LogP contribution in [0.3, 0.4) is 0 Å². The van der Waals surface area contributed by atoms with Gasteiger partial charge in [0.2, 0.25) is 0 Å². The fraction of sp³-hybridized carbons (Fsp3) is 0.538. The zero-order valence-electron chi connectivity index (χ0n) is 9.86. The van der Waals surface area contributed by atoms with Gasteiger partial charge in [-0.25, -0.2) is 0 Å². The molecule has 15 heavy (non-hydrogen) atoms. The number of hydrogen-bond acceptors (Lipinski definition) is 2. The van der Waals surface area contributed by atoms with Gasteiger partial charge in [-0.2, -0.15) is 0 Å². The van der Waals surface area contributed by atoms with Gasteiger partial charge in [-0.3, -0.25) is 0 Å². The number of methoxy groups -OCH3 is 1. The third-order valence-corrected chi connectivity index (χ3v) is 2.70. The minimum Gasteiger partial charge on any atom is -0.384 e. The van der Waals surface area contributed by atoms with E-state index in [0.29, 0.717) is 12.0 Å². The SMILES string of the molecule is CCNC(C)C(COC)c1ccccc1. The Morgan fingerprint density at radius 3 is 2.47 bits per heavy atom. The summed E-state index contributed by atoms with van der Waals surface area (Å²) in [6.07, 6.45) is 0. The van der Waals surface area contributed by atoms with Crippen LogP contribution in [0.25, 0.3) is 0 Å². The summed E-state index contributed by atoms with van der Waals surface area (Å²) in [5, 5.41) is 3.45. The maximum absolute atomic E-state index is 5.29. The maximum atomic E-state index is 5.29. The molecule has 1 aromatic carbocycles. The molecule has 2 nitrogen and oxygen atoms in total. The summed E-state index contributed by atoms with van der Waals surface area (Å²) < 4.78 is 5.29. The molecule has 0 aliphatic carbocycles. The van der Waals surface area contributed by atoms with Gasteiger partial charge in [-0.15, -0.1) is 0 Å². The Morgan fingerprint density at radius 2 is 1.93 bits per heavy atom. The summed E-state index contributed by atoms with van der Waals surface area (Å²) in [5.74, 6) is 0.427. The van der Waals surface area contributed by atoms with E-state index in [2.05, 4.69) is 43.4 Å². The van der Waals surface area contributed by atoms with E-state index in [0.717, 1.165) is 13.2 Å².